The summed E-state index contributed by atoms with van der Waals surface area (Å²) in [6.07, 6.45) is 4.51. The Morgan fingerprint density at radius 3 is 2.25 bits per heavy atom. The third-order valence-corrected chi connectivity index (χ3v) is 3.87. The lowest BCUT2D eigenvalue weighted by Crippen LogP contribution is -2.39. The number of hydrogen-bond donors (Lipinski definition) is 1. The van der Waals surface area contributed by atoms with Crippen molar-refractivity contribution in [3.8, 4) is 0 Å². The fourth-order valence-corrected chi connectivity index (χ4v) is 3.03. The van der Waals surface area contributed by atoms with Gasteiger partial charge in [0.25, 0.3) is 0 Å². The molecule has 1 nitrogen and oxygen atoms in total. The summed E-state index contributed by atoms with van der Waals surface area (Å²) in [6, 6.07) is 6.58. The standard InChI is InChI=1S/C15H21N/c1-4-15(8-10-16-11-9-15)14-12(2)6-5-7-13(14)3/h4-7,16H,1,8-11H2,2-3H3. The van der Waals surface area contributed by atoms with Crippen molar-refractivity contribution in [2.45, 2.75) is 32.1 Å². The van der Waals surface area contributed by atoms with Crippen LogP contribution in [0.1, 0.15) is 29.5 Å². The van der Waals surface area contributed by atoms with Crippen molar-refractivity contribution in [3.05, 3.63) is 47.5 Å². The number of rotatable bonds is 2. The van der Waals surface area contributed by atoms with E-state index in [2.05, 4.69) is 50.0 Å². The molecule has 1 N–H and O–H groups in total. The van der Waals surface area contributed by atoms with Gasteiger partial charge in [0.1, 0.15) is 0 Å². The molecule has 0 radical (unpaired) electrons. The van der Waals surface area contributed by atoms with Crippen LogP contribution in [0, 0.1) is 13.8 Å². The van der Waals surface area contributed by atoms with Crippen LogP contribution in [0.5, 0.6) is 0 Å². The Kier molecular flexibility index (Phi) is 3.15. The van der Waals surface area contributed by atoms with Gasteiger partial charge >= 0.3 is 0 Å². The van der Waals surface area contributed by atoms with Crippen LogP contribution in [0.4, 0.5) is 0 Å². The van der Waals surface area contributed by atoms with E-state index < -0.39 is 0 Å². The minimum Gasteiger partial charge on any atom is -0.317 e. The summed E-state index contributed by atoms with van der Waals surface area (Å²) in [5.41, 5.74) is 4.51. The lowest BCUT2D eigenvalue weighted by atomic mass is 9.70. The average Bonchev–Trinajstić information content (AvgIpc) is 2.30. The summed E-state index contributed by atoms with van der Waals surface area (Å²) in [6.45, 7) is 10.7. The second-order valence-corrected chi connectivity index (χ2v) is 4.88. The molecule has 0 aliphatic carbocycles. The minimum atomic E-state index is 0.195. The molecule has 1 aromatic carbocycles. The monoisotopic (exact) mass is 215 g/mol. The third-order valence-electron chi connectivity index (χ3n) is 3.87. The maximum atomic E-state index is 4.09. The number of allylic oxidation sites excluding steroid dienone is 1. The summed E-state index contributed by atoms with van der Waals surface area (Å²) in [5.74, 6) is 0. The van der Waals surface area contributed by atoms with Gasteiger partial charge in [-0.15, -0.1) is 6.58 Å². The molecule has 0 saturated carbocycles. The molecule has 0 spiro atoms. The lowest BCUT2D eigenvalue weighted by Gasteiger charge is -2.37. The van der Waals surface area contributed by atoms with Crippen molar-refractivity contribution in [1.82, 2.24) is 5.32 Å². The van der Waals surface area contributed by atoms with Crippen LogP contribution < -0.4 is 5.32 Å². The van der Waals surface area contributed by atoms with Crippen LogP contribution in [0.3, 0.4) is 0 Å². The van der Waals surface area contributed by atoms with E-state index in [0.29, 0.717) is 0 Å². The third kappa shape index (κ3) is 1.80. The van der Waals surface area contributed by atoms with Crippen LogP contribution in [0.25, 0.3) is 0 Å². The first-order valence-electron chi connectivity index (χ1n) is 6.11. The Morgan fingerprint density at radius 2 is 1.75 bits per heavy atom. The van der Waals surface area contributed by atoms with Crippen molar-refractivity contribution in [1.29, 1.82) is 0 Å². The van der Waals surface area contributed by atoms with E-state index in [4.69, 9.17) is 0 Å². The van der Waals surface area contributed by atoms with Crippen LogP contribution in [0.15, 0.2) is 30.9 Å². The van der Waals surface area contributed by atoms with Crippen LogP contribution in [-0.4, -0.2) is 13.1 Å². The van der Waals surface area contributed by atoms with Gasteiger partial charge in [0.05, 0.1) is 0 Å². The highest BCUT2D eigenvalue weighted by atomic mass is 14.9. The zero-order valence-electron chi connectivity index (χ0n) is 10.3. The summed E-state index contributed by atoms with van der Waals surface area (Å²) >= 11 is 0. The molecule has 1 heteroatoms. The Bertz CT molecular complexity index is 366. The molecule has 0 bridgehead atoms. The first-order chi connectivity index (χ1) is 7.69. The smallest absolute Gasteiger partial charge is 0.0159 e. The predicted octanol–water partition coefficient (Wildman–Crippen LogP) is 3.11. The largest absolute Gasteiger partial charge is 0.317 e. The Labute approximate surface area is 98.6 Å². The van der Waals surface area contributed by atoms with Gasteiger partial charge in [-0.1, -0.05) is 24.3 Å². The molecule has 1 heterocycles. The minimum absolute atomic E-state index is 0.195. The lowest BCUT2D eigenvalue weighted by molar-refractivity contribution is 0.371. The maximum Gasteiger partial charge on any atom is 0.0159 e. The van der Waals surface area contributed by atoms with Crippen molar-refractivity contribution in [2.75, 3.05) is 13.1 Å². The zero-order chi connectivity index (χ0) is 11.6. The molecule has 1 aliphatic heterocycles. The SMILES string of the molecule is C=CC1(c2c(C)cccc2C)CCNCC1. The average molecular weight is 215 g/mol. The summed E-state index contributed by atoms with van der Waals surface area (Å²) in [7, 11) is 0. The molecular weight excluding hydrogens is 194 g/mol. The second-order valence-electron chi connectivity index (χ2n) is 4.88. The molecule has 0 aromatic heterocycles. The number of aryl methyl sites for hydroxylation is 2. The quantitative estimate of drug-likeness (QED) is 0.747. The van der Waals surface area contributed by atoms with E-state index in [0.717, 1.165) is 13.1 Å². The zero-order valence-corrected chi connectivity index (χ0v) is 10.3. The number of nitrogens with one attached hydrogen (secondary N) is 1. The van der Waals surface area contributed by atoms with Gasteiger partial charge in [0.2, 0.25) is 0 Å². The molecule has 16 heavy (non-hydrogen) atoms. The van der Waals surface area contributed by atoms with E-state index in [1.54, 1.807) is 0 Å². The van der Waals surface area contributed by atoms with Crippen molar-refractivity contribution < 1.29 is 0 Å². The summed E-state index contributed by atoms with van der Waals surface area (Å²) in [4.78, 5) is 0. The second kappa shape index (κ2) is 4.42. The highest BCUT2D eigenvalue weighted by molar-refractivity contribution is 5.43. The Hall–Kier alpha value is -1.08. The summed E-state index contributed by atoms with van der Waals surface area (Å²) < 4.78 is 0. The molecule has 2 rings (SSSR count). The molecule has 0 atom stereocenters. The first kappa shape index (κ1) is 11.4. The van der Waals surface area contributed by atoms with Gasteiger partial charge in [0, 0.05) is 5.41 Å². The molecule has 0 amide bonds. The molecule has 1 aromatic rings. The van der Waals surface area contributed by atoms with Gasteiger partial charge < -0.3 is 5.32 Å². The number of hydrogen-bond acceptors (Lipinski definition) is 1. The molecular formula is C15H21N. The predicted molar refractivity (Wildman–Crippen MR) is 69.9 cm³/mol. The van der Waals surface area contributed by atoms with Crippen LogP contribution >= 0.6 is 0 Å². The molecule has 1 aliphatic rings. The van der Waals surface area contributed by atoms with Gasteiger partial charge in [0.15, 0.2) is 0 Å². The van der Waals surface area contributed by atoms with Gasteiger partial charge in [-0.25, -0.2) is 0 Å². The van der Waals surface area contributed by atoms with Gasteiger partial charge in [-0.3, -0.25) is 0 Å². The molecule has 1 fully saturated rings. The Morgan fingerprint density at radius 1 is 1.19 bits per heavy atom. The molecule has 0 unspecified atom stereocenters. The summed E-state index contributed by atoms with van der Waals surface area (Å²) in [5, 5.41) is 3.43. The number of piperidine rings is 1. The van der Waals surface area contributed by atoms with E-state index >= 15 is 0 Å². The maximum absolute atomic E-state index is 4.09. The highest BCUT2D eigenvalue weighted by Gasteiger charge is 2.32. The molecule has 1 saturated heterocycles. The highest BCUT2D eigenvalue weighted by Crippen LogP contribution is 2.38. The van der Waals surface area contributed by atoms with E-state index in [1.807, 2.05) is 0 Å². The normalized spacial score (nSPS) is 19.4. The number of benzene rings is 1. The topological polar surface area (TPSA) is 12.0 Å². The molecule has 86 valence electrons. The van der Waals surface area contributed by atoms with Crippen molar-refractivity contribution >= 4 is 0 Å². The van der Waals surface area contributed by atoms with Crippen molar-refractivity contribution in [2.24, 2.45) is 0 Å². The fraction of sp³-hybridized carbons (Fsp3) is 0.467. The van der Waals surface area contributed by atoms with E-state index in [9.17, 15) is 0 Å². The van der Waals surface area contributed by atoms with Gasteiger partial charge in [-0.2, -0.15) is 0 Å². The van der Waals surface area contributed by atoms with E-state index in [1.165, 1.54) is 29.5 Å². The van der Waals surface area contributed by atoms with Crippen LogP contribution in [0.2, 0.25) is 0 Å². The Balaban J connectivity index is 2.51. The van der Waals surface area contributed by atoms with E-state index in [-0.39, 0.29) is 5.41 Å². The first-order valence-corrected chi connectivity index (χ1v) is 6.11. The van der Waals surface area contributed by atoms with Crippen LogP contribution in [-0.2, 0) is 5.41 Å². The van der Waals surface area contributed by atoms with Crippen molar-refractivity contribution in [3.63, 3.8) is 0 Å². The van der Waals surface area contributed by atoms with Gasteiger partial charge in [-0.05, 0) is 56.5 Å². The fourth-order valence-electron chi connectivity index (χ4n) is 3.03.